The summed E-state index contributed by atoms with van der Waals surface area (Å²) in [6.45, 7) is 4.59. The molecule has 0 bridgehead atoms. The van der Waals surface area contributed by atoms with Crippen LogP contribution in [0.2, 0.25) is 5.02 Å². The van der Waals surface area contributed by atoms with E-state index in [1.54, 1.807) is 25.3 Å². The quantitative estimate of drug-likeness (QED) is 0.209. The highest BCUT2D eigenvalue weighted by Gasteiger charge is 2.26. The van der Waals surface area contributed by atoms with Crippen LogP contribution in [0.25, 0.3) is 11.0 Å². The summed E-state index contributed by atoms with van der Waals surface area (Å²) >= 11 is 5.86. The maximum atomic E-state index is 14.2. The molecular formula is C33H37ClFN5O4. The number of pyridine rings is 1. The number of likely N-dealkylation sites (tertiary alicyclic amines) is 1. The van der Waals surface area contributed by atoms with Crippen LogP contribution in [-0.2, 0) is 34.0 Å². The molecule has 0 spiro atoms. The molecule has 2 aromatic heterocycles. The molecule has 2 aliphatic heterocycles. The Balaban J connectivity index is 1.09. The molecule has 4 aromatic rings. The second-order valence-electron chi connectivity index (χ2n) is 11.4. The molecular weight excluding hydrogens is 585 g/mol. The van der Waals surface area contributed by atoms with Gasteiger partial charge in [-0.05, 0) is 68.8 Å². The van der Waals surface area contributed by atoms with Crippen LogP contribution in [0.15, 0.2) is 54.6 Å². The van der Waals surface area contributed by atoms with Gasteiger partial charge in [0.25, 0.3) is 0 Å². The molecule has 0 unspecified atom stereocenters. The van der Waals surface area contributed by atoms with Crippen molar-refractivity contribution in [2.75, 3.05) is 38.7 Å². The van der Waals surface area contributed by atoms with E-state index in [9.17, 15) is 9.18 Å². The zero-order valence-corrected chi connectivity index (χ0v) is 25.6. The predicted molar refractivity (Wildman–Crippen MR) is 166 cm³/mol. The summed E-state index contributed by atoms with van der Waals surface area (Å²) in [6.07, 6.45) is 3.47. The van der Waals surface area contributed by atoms with Crippen molar-refractivity contribution in [3.8, 4) is 5.88 Å². The number of carbonyl (C=O) groups excluding carboxylic acids is 1. The Hall–Kier alpha value is -3.57. The predicted octanol–water partition coefficient (Wildman–Crippen LogP) is 5.95. The third-order valence-electron chi connectivity index (χ3n) is 8.33. The van der Waals surface area contributed by atoms with Gasteiger partial charge in [0, 0.05) is 47.7 Å². The molecule has 1 N–H and O–H groups in total. The Morgan fingerprint density at radius 1 is 1.11 bits per heavy atom. The van der Waals surface area contributed by atoms with Gasteiger partial charge < -0.3 is 24.1 Å². The number of imidazole rings is 1. The lowest BCUT2D eigenvalue weighted by atomic mass is 9.93. The largest absolute Gasteiger partial charge is 0.473 e. The van der Waals surface area contributed by atoms with Gasteiger partial charge in [-0.2, -0.15) is 0 Å². The number of anilines is 1. The van der Waals surface area contributed by atoms with Crippen LogP contribution in [0.3, 0.4) is 0 Å². The van der Waals surface area contributed by atoms with Crippen molar-refractivity contribution in [1.82, 2.24) is 19.4 Å². The van der Waals surface area contributed by atoms with Crippen LogP contribution in [0.5, 0.6) is 5.88 Å². The zero-order valence-electron chi connectivity index (χ0n) is 24.8. The highest BCUT2D eigenvalue weighted by atomic mass is 35.5. The number of rotatable bonds is 12. The van der Waals surface area contributed by atoms with Gasteiger partial charge in [-0.25, -0.2) is 14.4 Å². The molecule has 2 aliphatic rings. The number of hydrogen-bond acceptors (Lipinski definition) is 7. The number of ether oxygens (including phenoxy) is 3. The lowest BCUT2D eigenvalue weighted by molar-refractivity contribution is -0.117. The molecule has 0 saturated carbocycles. The van der Waals surface area contributed by atoms with E-state index in [1.807, 2.05) is 30.3 Å². The van der Waals surface area contributed by atoms with E-state index in [-0.39, 0.29) is 24.4 Å². The molecule has 6 rings (SSSR count). The fourth-order valence-corrected chi connectivity index (χ4v) is 5.91. The van der Waals surface area contributed by atoms with Gasteiger partial charge in [0.05, 0.1) is 43.3 Å². The van der Waals surface area contributed by atoms with Crippen LogP contribution >= 0.6 is 11.6 Å². The molecule has 0 aliphatic carbocycles. The number of carbonyl (C=O) groups is 1. The second-order valence-corrected chi connectivity index (χ2v) is 11.8. The van der Waals surface area contributed by atoms with Gasteiger partial charge in [0.1, 0.15) is 18.2 Å². The number of fused-ring (bicyclic) bond motifs is 1. The first-order valence-corrected chi connectivity index (χ1v) is 15.5. The minimum atomic E-state index is -0.389. The summed E-state index contributed by atoms with van der Waals surface area (Å²) in [4.78, 5) is 24.4. The highest BCUT2D eigenvalue weighted by molar-refractivity contribution is 6.30. The first kappa shape index (κ1) is 30.5. The lowest BCUT2D eigenvalue weighted by Gasteiger charge is -2.32. The van der Waals surface area contributed by atoms with Gasteiger partial charge in [-0.15, -0.1) is 0 Å². The van der Waals surface area contributed by atoms with E-state index in [1.165, 1.54) is 6.07 Å². The van der Waals surface area contributed by atoms with Crippen molar-refractivity contribution in [2.24, 2.45) is 0 Å². The van der Waals surface area contributed by atoms with Crippen LogP contribution < -0.4 is 10.1 Å². The van der Waals surface area contributed by atoms with Crippen LogP contribution in [-0.4, -0.2) is 64.9 Å². The summed E-state index contributed by atoms with van der Waals surface area (Å²) < 4.78 is 33.0. The smallest absolute Gasteiger partial charge is 0.226 e. The summed E-state index contributed by atoms with van der Waals surface area (Å²) in [5.74, 6) is 1.33. The van der Waals surface area contributed by atoms with Crippen molar-refractivity contribution in [3.63, 3.8) is 0 Å². The number of nitrogens with zero attached hydrogens (tertiary/aromatic N) is 4. The summed E-state index contributed by atoms with van der Waals surface area (Å²) in [5.41, 5.74) is 4.06. The average molecular weight is 622 g/mol. The number of amides is 1. The number of benzene rings is 2. The van der Waals surface area contributed by atoms with E-state index in [4.69, 9.17) is 35.8 Å². The van der Waals surface area contributed by atoms with Crippen molar-refractivity contribution in [1.29, 1.82) is 0 Å². The van der Waals surface area contributed by atoms with Gasteiger partial charge >= 0.3 is 0 Å². The minimum Gasteiger partial charge on any atom is -0.473 e. The van der Waals surface area contributed by atoms with Gasteiger partial charge in [-0.3, -0.25) is 9.69 Å². The molecule has 1 atom stereocenters. The molecule has 44 heavy (non-hydrogen) atoms. The third-order valence-corrected chi connectivity index (χ3v) is 8.57. The van der Waals surface area contributed by atoms with Gasteiger partial charge in [0.15, 0.2) is 0 Å². The molecule has 2 fully saturated rings. The Labute approximate surface area is 261 Å². The highest BCUT2D eigenvalue weighted by Crippen LogP contribution is 2.30. The molecule has 2 aromatic carbocycles. The maximum Gasteiger partial charge on any atom is 0.226 e. The minimum absolute atomic E-state index is 0.0846. The van der Waals surface area contributed by atoms with Crippen molar-refractivity contribution in [2.45, 2.75) is 57.4 Å². The van der Waals surface area contributed by atoms with Crippen LogP contribution in [0, 0.1) is 5.82 Å². The number of nitrogens with one attached hydrogen (secondary N) is 1. The van der Waals surface area contributed by atoms with Crippen molar-refractivity contribution < 1.29 is 23.4 Å². The molecule has 0 radical (unpaired) electrons. The standard InChI is InChI=1S/C33H37ClFN5O4/c1-42-15-12-32(41)36-25-7-8-30-29(18-25)37-31(40(30)19-26-11-16-43-26)20-39-13-9-22(10-14-39)28-3-2-4-33(38-28)44-21-23-5-6-24(34)17-27(23)35/h2-8,17-18,22,26H,9-16,19-21H2,1H3,(H,36,41)/t26-/m0/s1. The molecule has 2 saturated heterocycles. The molecule has 1 amide bonds. The normalized spacial score (nSPS) is 17.5. The SMILES string of the molecule is COCCC(=O)Nc1ccc2c(c1)nc(CN1CCC(c3cccc(OCc4ccc(Cl)cc4F)n3)CC1)n2C[C@@H]1CCO1. The molecule has 232 valence electrons. The maximum absolute atomic E-state index is 14.2. The summed E-state index contributed by atoms with van der Waals surface area (Å²) in [6, 6.07) is 16.3. The Bertz CT molecular complexity index is 1600. The topological polar surface area (TPSA) is 90.7 Å². The number of hydrogen-bond donors (Lipinski definition) is 1. The Morgan fingerprint density at radius 2 is 1.95 bits per heavy atom. The third kappa shape index (κ3) is 7.38. The zero-order chi connectivity index (χ0) is 30.5. The number of piperidine rings is 1. The number of methoxy groups -OCH3 is 1. The molecule has 11 heteroatoms. The lowest BCUT2D eigenvalue weighted by Crippen LogP contribution is -2.35. The van der Waals surface area contributed by atoms with E-state index in [0.717, 1.165) is 80.3 Å². The van der Waals surface area contributed by atoms with E-state index in [2.05, 4.69) is 14.8 Å². The monoisotopic (exact) mass is 621 g/mol. The van der Waals surface area contributed by atoms with E-state index in [0.29, 0.717) is 35.4 Å². The van der Waals surface area contributed by atoms with Crippen LogP contribution in [0.1, 0.15) is 48.7 Å². The Morgan fingerprint density at radius 3 is 2.70 bits per heavy atom. The molecule has 4 heterocycles. The fourth-order valence-electron chi connectivity index (χ4n) is 5.75. The summed E-state index contributed by atoms with van der Waals surface area (Å²) in [7, 11) is 1.58. The average Bonchev–Trinajstić information content (AvgIpc) is 3.33. The van der Waals surface area contributed by atoms with Crippen molar-refractivity contribution in [3.05, 3.63) is 82.5 Å². The van der Waals surface area contributed by atoms with Gasteiger partial charge in [0.2, 0.25) is 11.8 Å². The number of halogens is 2. The van der Waals surface area contributed by atoms with E-state index >= 15 is 0 Å². The van der Waals surface area contributed by atoms with Gasteiger partial charge in [-0.1, -0.05) is 23.7 Å². The second kappa shape index (κ2) is 14.0. The van der Waals surface area contributed by atoms with Crippen LogP contribution in [0.4, 0.5) is 10.1 Å². The first-order valence-electron chi connectivity index (χ1n) is 15.1. The van der Waals surface area contributed by atoms with Crippen molar-refractivity contribution >= 4 is 34.2 Å². The Kier molecular flexibility index (Phi) is 9.71. The molecule has 9 nitrogen and oxygen atoms in total. The van der Waals surface area contributed by atoms with E-state index < -0.39 is 0 Å². The summed E-state index contributed by atoms with van der Waals surface area (Å²) in [5, 5.41) is 3.30. The number of aromatic nitrogens is 3. The first-order chi connectivity index (χ1) is 21.4. The fraction of sp³-hybridized carbons (Fsp3) is 0.424.